The average molecular weight is 379 g/mol. The van der Waals surface area contributed by atoms with Crippen LogP contribution < -0.4 is 11.3 Å². The van der Waals surface area contributed by atoms with Gasteiger partial charge >= 0.3 is 6.18 Å². The van der Waals surface area contributed by atoms with Crippen molar-refractivity contribution >= 4 is 27.3 Å². The monoisotopic (exact) mass is 378 g/mol. The van der Waals surface area contributed by atoms with Crippen molar-refractivity contribution < 1.29 is 13.2 Å². The van der Waals surface area contributed by atoms with E-state index in [0.29, 0.717) is 12.0 Å². The molecule has 2 aromatic rings. The Kier molecular flexibility index (Phi) is 5.08. The lowest BCUT2D eigenvalue weighted by Crippen LogP contribution is -2.29. The van der Waals surface area contributed by atoms with Crippen molar-refractivity contribution in [3.05, 3.63) is 55.7 Å². The summed E-state index contributed by atoms with van der Waals surface area (Å²) < 4.78 is 39.2. The SMILES string of the molecule is Cc1cc(C(Cc2cccc(C(F)(F)F)c2)NN)sc1Br. The van der Waals surface area contributed by atoms with E-state index >= 15 is 0 Å². The molecule has 3 N–H and O–H groups in total. The van der Waals surface area contributed by atoms with E-state index in [2.05, 4.69) is 21.4 Å². The van der Waals surface area contributed by atoms with Gasteiger partial charge in [0.1, 0.15) is 0 Å². The van der Waals surface area contributed by atoms with Crippen LogP contribution in [-0.2, 0) is 12.6 Å². The summed E-state index contributed by atoms with van der Waals surface area (Å²) in [6.07, 6.45) is -3.93. The Morgan fingerprint density at radius 3 is 2.57 bits per heavy atom. The van der Waals surface area contributed by atoms with Crippen molar-refractivity contribution in [2.45, 2.75) is 25.6 Å². The number of nitrogens with two attached hydrogens (primary N) is 1. The molecule has 114 valence electrons. The van der Waals surface area contributed by atoms with Gasteiger partial charge in [-0.2, -0.15) is 13.2 Å². The smallest absolute Gasteiger partial charge is 0.271 e. The van der Waals surface area contributed by atoms with E-state index < -0.39 is 11.7 Å². The fraction of sp³-hybridized carbons (Fsp3) is 0.286. The average Bonchev–Trinajstić information content (AvgIpc) is 2.75. The van der Waals surface area contributed by atoms with Gasteiger partial charge in [-0.3, -0.25) is 11.3 Å². The molecule has 1 heterocycles. The molecule has 2 rings (SSSR count). The summed E-state index contributed by atoms with van der Waals surface area (Å²) in [5, 5.41) is 0. The minimum atomic E-state index is -4.33. The molecule has 1 atom stereocenters. The Bertz CT molecular complexity index is 605. The predicted molar refractivity (Wildman–Crippen MR) is 82.0 cm³/mol. The quantitative estimate of drug-likeness (QED) is 0.603. The first-order valence-electron chi connectivity index (χ1n) is 6.19. The zero-order valence-corrected chi connectivity index (χ0v) is 13.6. The van der Waals surface area contributed by atoms with Crippen LogP contribution in [0.2, 0.25) is 0 Å². The molecule has 1 aromatic heterocycles. The third kappa shape index (κ3) is 4.06. The maximum atomic E-state index is 12.7. The first kappa shape index (κ1) is 16.5. The molecule has 0 aliphatic carbocycles. The van der Waals surface area contributed by atoms with Gasteiger partial charge in [0.2, 0.25) is 0 Å². The second-order valence-electron chi connectivity index (χ2n) is 4.73. The van der Waals surface area contributed by atoms with E-state index in [0.717, 1.165) is 20.3 Å². The van der Waals surface area contributed by atoms with E-state index in [4.69, 9.17) is 5.84 Å². The molecule has 1 aromatic carbocycles. The van der Waals surface area contributed by atoms with Crippen LogP contribution >= 0.6 is 27.3 Å². The van der Waals surface area contributed by atoms with E-state index in [-0.39, 0.29) is 6.04 Å². The normalized spacial score (nSPS) is 13.4. The summed E-state index contributed by atoms with van der Waals surface area (Å²) in [4.78, 5) is 0.985. The van der Waals surface area contributed by atoms with Crippen molar-refractivity contribution in [1.82, 2.24) is 5.43 Å². The minimum absolute atomic E-state index is 0.219. The molecule has 7 heteroatoms. The van der Waals surface area contributed by atoms with Gasteiger partial charge in [0.15, 0.2) is 0 Å². The second kappa shape index (κ2) is 6.48. The molecule has 0 aliphatic rings. The van der Waals surface area contributed by atoms with Crippen LogP contribution in [0.25, 0.3) is 0 Å². The number of rotatable bonds is 4. The molecule has 0 amide bonds. The predicted octanol–water partition coefficient (Wildman–Crippen LogP) is 4.58. The summed E-state index contributed by atoms with van der Waals surface area (Å²) in [5.41, 5.74) is 3.71. The number of halogens is 4. The third-order valence-electron chi connectivity index (χ3n) is 3.12. The van der Waals surface area contributed by atoms with Gasteiger partial charge in [-0.25, -0.2) is 0 Å². The maximum absolute atomic E-state index is 12.7. The lowest BCUT2D eigenvalue weighted by molar-refractivity contribution is -0.137. The molecule has 21 heavy (non-hydrogen) atoms. The highest BCUT2D eigenvalue weighted by molar-refractivity contribution is 9.11. The number of nitrogens with one attached hydrogen (secondary N) is 1. The fourth-order valence-corrected chi connectivity index (χ4v) is 3.64. The van der Waals surface area contributed by atoms with E-state index in [1.165, 1.54) is 23.5 Å². The van der Waals surface area contributed by atoms with Crippen molar-refractivity contribution in [2.75, 3.05) is 0 Å². The second-order valence-corrected chi connectivity index (χ2v) is 7.13. The summed E-state index contributed by atoms with van der Waals surface area (Å²) in [5.74, 6) is 5.55. The van der Waals surface area contributed by atoms with Crippen LogP contribution in [0.1, 0.15) is 27.6 Å². The Balaban J connectivity index is 2.23. The molecule has 0 aliphatic heterocycles. The first-order valence-corrected chi connectivity index (χ1v) is 7.80. The topological polar surface area (TPSA) is 38.0 Å². The van der Waals surface area contributed by atoms with Gasteiger partial charge in [0, 0.05) is 4.88 Å². The van der Waals surface area contributed by atoms with E-state index in [1.807, 2.05) is 13.0 Å². The van der Waals surface area contributed by atoms with Crippen molar-refractivity contribution in [1.29, 1.82) is 0 Å². The lowest BCUT2D eigenvalue weighted by atomic mass is 10.0. The van der Waals surface area contributed by atoms with Gasteiger partial charge in [-0.15, -0.1) is 11.3 Å². The van der Waals surface area contributed by atoms with Crippen LogP contribution in [0, 0.1) is 6.92 Å². The largest absolute Gasteiger partial charge is 0.416 e. The standard InChI is InChI=1S/C14H14BrF3N2S/c1-8-5-12(21-13(8)15)11(20-19)7-9-3-2-4-10(6-9)14(16,17)18/h2-6,11,20H,7,19H2,1H3. The fourth-order valence-electron chi connectivity index (χ4n) is 2.01. The number of alkyl halides is 3. The van der Waals surface area contributed by atoms with Crippen molar-refractivity contribution in [3.8, 4) is 0 Å². The van der Waals surface area contributed by atoms with E-state index in [1.54, 1.807) is 6.07 Å². The molecule has 0 fully saturated rings. The van der Waals surface area contributed by atoms with Crippen molar-refractivity contribution in [2.24, 2.45) is 5.84 Å². The number of benzene rings is 1. The minimum Gasteiger partial charge on any atom is -0.271 e. The van der Waals surface area contributed by atoms with Gasteiger partial charge < -0.3 is 0 Å². The maximum Gasteiger partial charge on any atom is 0.416 e. The molecule has 0 bridgehead atoms. The molecule has 2 nitrogen and oxygen atoms in total. The highest BCUT2D eigenvalue weighted by Gasteiger charge is 2.30. The number of hydrogen-bond acceptors (Lipinski definition) is 3. The third-order valence-corrected chi connectivity index (χ3v) is 5.37. The Hall–Kier alpha value is -0.890. The number of hydrogen-bond donors (Lipinski definition) is 2. The first-order chi connectivity index (χ1) is 9.81. The van der Waals surface area contributed by atoms with Gasteiger partial charge in [0.25, 0.3) is 0 Å². The highest BCUT2D eigenvalue weighted by atomic mass is 79.9. The summed E-state index contributed by atoms with van der Waals surface area (Å²) in [6.45, 7) is 1.96. The van der Waals surface area contributed by atoms with Crippen LogP contribution in [0.15, 0.2) is 34.1 Å². The Morgan fingerprint density at radius 2 is 2.05 bits per heavy atom. The zero-order chi connectivity index (χ0) is 15.6. The number of aryl methyl sites for hydroxylation is 1. The molecular weight excluding hydrogens is 365 g/mol. The van der Waals surface area contributed by atoms with Crippen LogP contribution in [-0.4, -0.2) is 0 Å². The Labute approximate surface area is 133 Å². The molecular formula is C14H14BrF3N2S. The molecule has 0 saturated carbocycles. The zero-order valence-electron chi connectivity index (χ0n) is 11.2. The molecule has 0 radical (unpaired) electrons. The van der Waals surface area contributed by atoms with Gasteiger partial charge in [0.05, 0.1) is 15.4 Å². The molecule has 0 saturated heterocycles. The molecule has 1 unspecified atom stereocenters. The summed E-state index contributed by atoms with van der Waals surface area (Å²) in [7, 11) is 0. The van der Waals surface area contributed by atoms with Crippen molar-refractivity contribution in [3.63, 3.8) is 0 Å². The van der Waals surface area contributed by atoms with Gasteiger partial charge in [-0.1, -0.05) is 18.2 Å². The number of hydrazine groups is 1. The summed E-state index contributed by atoms with van der Waals surface area (Å²) in [6, 6.07) is 7.09. The van der Waals surface area contributed by atoms with Crippen LogP contribution in [0.4, 0.5) is 13.2 Å². The lowest BCUT2D eigenvalue weighted by Gasteiger charge is -2.15. The number of thiophene rings is 1. The van der Waals surface area contributed by atoms with Gasteiger partial charge in [-0.05, 0) is 52.5 Å². The summed E-state index contributed by atoms with van der Waals surface area (Å²) >= 11 is 4.97. The van der Waals surface area contributed by atoms with E-state index in [9.17, 15) is 13.2 Å². The van der Waals surface area contributed by atoms with Crippen LogP contribution in [0.3, 0.4) is 0 Å². The Morgan fingerprint density at radius 1 is 1.33 bits per heavy atom. The highest BCUT2D eigenvalue weighted by Crippen LogP contribution is 2.34. The van der Waals surface area contributed by atoms with Crippen LogP contribution in [0.5, 0.6) is 0 Å². The molecule has 0 spiro atoms.